The number of anilines is 1. The first-order valence-corrected chi connectivity index (χ1v) is 10.9. The van der Waals surface area contributed by atoms with Gasteiger partial charge in [-0.3, -0.25) is 4.79 Å². The van der Waals surface area contributed by atoms with E-state index in [1.54, 1.807) is 32.9 Å². The number of fused-ring (bicyclic) bond motifs is 1. The fourth-order valence-corrected chi connectivity index (χ4v) is 4.07. The minimum absolute atomic E-state index is 0.0323. The number of aromatic nitrogens is 1. The number of amides is 1. The Morgan fingerprint density at radius 2 is 2.21 bits per heavy atom. The molecule has 1 aromatic heterocycles. The van der Waals surface area contributed by atoms with Crippen LogP contribution >= 0.6 is 0 Å². The second-order valence-electron chi connectivity index (χ2n) is 9.23. The van der Waals surface area contributed by atoms with Crippen molar-refractivity contribution >= 4 is 17.6 Å². The summed E-state index contributed by atoms with van der Waals surface area (Å²) in [4.78, 5) is 21.5. The molecular weight excluding hydrogens is 439 g/mol. The van der Waals surface area contributed by atoms with Gasteiger partial charge in [-0.15, -0.1) is 0 Å². The third-order valence-corrected chi connectivity index (χ3v) is 5.81. The molecule has 1 fully saturated rings. The van der Waals surface area contributed by atoms with Gasteiger partial charge in [0.15, 0.2) is 0 Å². The highest BCUT2D eigenvalue weighted by molar-refractivity contribution is 6.03. The number of nitrogens with one attached hydrogen (secondary N) is 1. The molecule has 2 heterocycles. The molecule has 1 amide bonds. The van der Waals surface area contributed by atoms with E-state index in [0.717, 1.165) is 6.42 Å². The summed E-state index contributed by atoms with van der Waals surface area (Å²) in [5.74, 6) is 5.00. The number of ether oxygens (including phenoxy) is 2. The molecule has 0 spiro atoms. The van der Waals surface area contributed by atoms with E-state index in [9.17, 15) is 14.3 Å². The van der Waals surface area contributed by atoms with E-state index in [-0.39, 0.29) is 30.3 Å². The van der Waals surface area contributed by atoms with Crippen LogP contribution in [0.15, 0.2) is 35.5 Å². The molecule has 4 rings (SSSR count). The summed E-state index contributed by atoms with van der Waals surface area (Å²) >= 11 is 0. The fourth-order valence-electron chi connectivity index (χ4n) is 4.07. The van der Waals surface area contributed by atoms with Crippen LogP contribution in [0.4, 0.5) is 10.1 Å². The second-order valence-corrected chi connectivity index (χ2v) is 9.23. The lowest BCUT2D eigenvalue weighted by Gasteiger charge is -2.30. The predicted octanol–water partition coefficient (Wildman–Crippen LogP) is 2.88. The van der Waals surface area contributed by atoms with E-state index >= 15 is 0 Å². The van der Waals surface area contributed by atoms with Gasteiger partial charge in [0, 0.05) is 17.2 Å². The van der Waals surface area contributed by atoms with Crippen molar-refractivity contribution in [2.75, 3.05) is 11.9 Å². The van der Waals surface area contributed by atoms with E-state index in [0.29, 0.717) is 22.6 Å². The molecule has 3 atom stereocenters. The smallest absolute Gasteiger partial charge is 0.283 e. The molecule has 2 unspecified atom stereocenters. The van der Waals surface area contributed by atoms with Crippen LogP contribution in [0, 0.1) is 30.5 Å². The van der Waals surface area contributed by atoms with Crippen molar-refractivity contribution in [3.8, 4) is 17.6 Å². The first-order valence-electron chi connectivity index (χ1n) is 10.9. The minimum atomic E-state index is -1.10. The number of carbonyl (C=O) groups excluding carboxylic acids is 1. The average Bonchev–Trinajstić information content (AvgIpc) is 3.52. The molecule has 0 radical (unpaired) electrons. The summed E-state index contributed by atoms with van der Waals surface area (Å²) < 4.78 is 25.7. The van der Waals surface area contributed by atoms with Gasteiger partial charge in [0.05, 0.1) is 11.7 Å². The summed E-state index contributed by atoms with van der Waals surface area (Å²) in [6, 6.07) is 6.10. The minimum Gasteiger partial charge on any atom is -0.479 e. The number of benzene rings is 1. The molecular formula is C25H27FN4O4. The Hall–Kier alpha value is -3.64. The number of carbonyl (C=O) groups is 1. The van der Waals surface area contributed by atoms with E-state index in [1.165, 1.54) is 18.3 Å². The Morgan fingerprint density at radius 1 is 1.44 bits per heavy atom. The van der Waals surface area contributed by atoms with E-state index in [1.807, 2.05) is 6.92 Å². The summed E-state index contributed by atoms with van der Waals surface area (Å²) in [6.45, 7) is 6.80. The van der Waals surface area contributed by atoms with Gasteiger partial charge in [-0.05, 0) is 63.9 Å². The number of hydrogen-bond donors (Lipinski definition) is 3. The van der Waals surface area contributed by atoms with Gasteiger partial charge in [0.25, 0.3) is 11.9 Å². The summed E-state index contributed by atoms with van der Waals surface area (Å²) in [7, 11) is 0. The van der Waals surface area contributed by atoms with Crippen molar-refractivity contribution in [3.05, 3.63) is 53.1 Å². The Kier molecular flexibility index (Phi) is 5.96. The van der Waals surface area contributed by atoms with Crippen LogP contribution in [0.2, 0.25) is 0 Å². The summed E-state index contributed by atoms with van der Waals surface area (Å²) in [6.07, 6.45) is 2.11. The molecule has 0 bridgehead atoms. The van der Waals surface area contributed by atoms with Gasteiger partial charge >= 0.3 is 0 Å². The monoisotopic (exact) mass is 466 g/mol. The van der Waals surface area contributed by atoms with E-state index < -0.39 is 22.9 Å². The SMILES string of the molecule is Cc1cc(OCC#CC(C)(C)O)cnc1C(=O)Nc1ccc(F)c(C2(C)N=C(N)OC3C[C@H]32)c1. The van der Waals surface area contributed by atoms with Crippen LogP contribution in [0.3, 0.4) is 0 Å². The first-order chi connectivity index (χ1) is 16.0. The molecule has 1 aliphatic carbocycles. The zero-order valence-corrected chi connectivity index (χ0v) is 19.5. The number of halogens is 1. The predicted molar refractivity (Wildman–Crippen MR) is 125 cm³/mol. The number of nitrogens with two attached hydrogens (primary N) is 1. The van der Waals surface area contributed by atoms with Crippen molar-refractivity contribution < 1.29 is 23.8 Å². The van der Waals surface area contributed by atoms with Crippen molar-refractivity contribution in [2.45, 2.75) is 51.4 Å². The van der Waals surface area contributed by atoms with Gasteiger partial charge in [0.2, 0.25) is 0 Å². The average molecular weight is 467 g/mol. The highest BCUT2D eigenvalue weighted by Gasteiger charge is 2.57. The largest absolute Gasteiger partial charge is 0.479 e. The number of hydrogen-bond acceptors (Lipinski definition) is 7. The lowest BCUT2D eigenvalue weighted by molar-refractivity contribution is 0.102. The molecule has 1 saturated carbocycles. The van der Waals surface area contributed by atoms with Crippen LogP contribution < -0.4 is 15.8 Å². The molecule has 8 nitrogen and oxygen atoms in total. The van der Waals surface area contributed by atoms with Gasteiger partial charge in [-0.25, -0.2) is 14.4 Å². The highest BCUT2D eigenvalue weighted by atomic mass is 19.1. The van der Waals surface area contributed by atoms with Crippen LogP contribution in [0.1, 0.15) is 48.8 Å². The molecule has 4 N–H and O–H groups in total. The number of amidine groups is 1. The third kappa shape index (κ3) is 4.97. The molecule has 2 aliphatic rings. The molecule has 178 valence electrons. The Bertz CT molecular complexity index is 1230. The zero-order valence-electron chi connectivity index (χ0n) is 19.5. The van der Waals surface area contributed by atoms with Gasteiger partial charge < -0.3 is 25.6 Å². The molecule has 2 aromatic rings. The van der Waals surface area contributed by atoms with Crippen molar-refractivity contribution in [2.24, 2.45) is 16.6 Å². The maximum absolute atomic E-state index is 14.8. The van der Waals surface area contributed by atoms with Crippen molar-refractivity contribution in [1.29, 1.82) is 0 Å². The lowest BCUT2D eigenvalue weighted by atomic mass is 9.86. The lowest BCUT2D eigenvalue weighted by Crippen LogP contribution is -2.35. The molecule has 1 aliphatic heterocycles. The number of aliphatic imine (C=N–C) groups is 1. The summed E-state index contributed by atoms with van der Waals surface area (Å²) in [5.41, 5.74) is 5.42. The highest BCUT2D eigenvalue weighted by Crippen LogP contribution is 2.53. The Morgan fingerprint density at radius 3 is 2.91 bits per heavy atom. The van der Waals surface area contributed by atoms with Crippen LogP contribution in [0.5, 0.6) is 5.75 Å². The van der Waals surface area contributed by atoms with Crippen LogP contribution in [0.25, 0.3) is 0 Å². The van der Waals surface area contributed by atoms with Crippen LogP contribution in [-0.4, -0.2) is 40.3 Å². The number of aliphatic hydroxyl groups is 1. The maximum Gasteiger partial charge on any atom is 0.283 e. The second kappa shape index (κ2) is 8.61. The Labute approximate surface area is 197 Å². The fraction of sp³-hybridized carbons (Fsp3) is 0.400. The zero-order chi connectivity index (χ0) is 24.7. The van der Waals surface area contributed by atoms with Crippen molar-refractivity contribution in [1.82, 2.24) is 4.98 Å². The third-order valence-electron chi connectivity index (χ3n) is 5.81. The van der Waals surface area contributed by atoms with Gasteiger partial charge in [-0.1, -0.05) is 11.8 Å². The summed E-state index contributed by atoms with van der Waals surface area (Å²) in [5, 5.41) is 12.4. The number of aryl methyl sites for hydroxylation is 1. The molecule has 34 heavy (non-hydrogen) atoms. The van der Waals surface area contributed by atoms with Gasteiger partial charge in [0.1, 0.15) is 35.6 Å². The number of rotatable bonds is 5. The molecule has 9 heteroatoms. The Balaban J connectivity index is 1.48. The molecule has 0 saturated heterocycles. The quantitative estimate of drug-likeness (QED) is 0.583. The normalized spacial score (nSPS) is 22.9. The van der Waals surface area contributed by atoms with Gasteiger partial charge in [-0.2, -0.15) is 0 Å². The molecule has 1 aromatic carbocycles. The first kappa shape index (κ1) is 23.5. The topological polar surface area (TPSA) is 119 Å². The van der Waals surface area contributed by atoms with E-state index in [4.69, 9.17) is 15.2 Å². The standard InChI is InChI=1S/C25H27FN4O4/c1-14-10-16(33-9-5-8-24(2,3)32)13-28-21(14)22(31)29-15-6-7-19(26)17(11-15)25(4)18-12-20(18)34-23(27)30-25/h6-7,10-11,13,18,20,32H,9,12H2,1-4H3,(H2,27,30)(H,29,31)/t18-,20?,25?/m1/s1. The van der Waals surface area contributed by atoms with E-state index in [2.05, 4.69) is 27.1 Å². The maximum atomic E-state index is 14.8. The van der Waals surface area contributed by atoms with Crippen LogP contribution in [-0.2, 0) is 10.3 Å². The number of pyridine rings is 1. The number of nitrogens with zero attached hydrogens (tertiary/aromatic N) is 2. The van der Waals surface area contributed by atoms with Crippen molar-refractivity contribution in [3.63, 3.8) is 0 Å².